The molecule has 0 amide bonds. The molecule has 0 fully saturated rings. The summed E-state index contributed by atoms with van der Waals surface area (Å²) in [6.45, 7) is 0.333. The van der Waals surface area contributed by atoms with Crippen LogP contribution in [-0.4, -0.2) is 28.9 Å². The monoisotopic (exact) mass is 439 g/mol. The number of aromatic nitrogens is 3. The number of para-hydroxylation sites is 2. The molecular formula is C21H17N3O4S2. The lowest BCUT2D eigenvalue weighted by molar-refractivity contribution is 0.0686. The number of benzene rings is 2. The molecule has 0 aliphatic carbocycles. The summed E-state index contributed by atoms with van der Waals surface area (Å²) in [4.78, 5) is 4.70. The van der Waals surface area contributed by atoms with Gasteiger partial charge in [-0.05, 0) is 24.3 Å². The number of methoxy groups -OCH3 is 1. The Morgan fingerprint density at radius 1 is 1.13 bits per heavy atom. The van der Waals surface area contributed by atoms with E-state index in [0.29, 0.717) is 29.2 Å². The Hall–Kier alpha value is -3.04. The number of nitrogens with zero attached hydrogens (tertiary/aromatic N) is 3. The second-order valence-corrected chi connectivity index (χ2v) is 8.22. The minimum absolute atomic E-state index is 0.333. The van der Waals surface area contributed by atoms with Crippen molar-refractivity contribution in [3.05, 3.63) is 65.5 Å². The predicted octanol–water partition coefficient (Wildman–Crippen LogP) is 5.01. The molecular weight excluding hydrogens is 422 g/mol. The van der Waals surface area contributed by atoms with E-state index in [2.05, 4.69) is 10.2 Å². The first-order valence-corrected chi connectivity index (χ1v) is 11.1. The van der Waals surface area contributed by atoms with Gasteiger partial charge in [0.25, 0.3) is 11.1 Å². The highest BCUT2D eigenvalue weighted by atomic mass is 32.2. The minimum Gasteiger partial charge on any atom is -0.497 e. The van der Waals surface area contributed by atoms with Crippen LogP contribution in [0.2, 0.25) is 0 Å². The second kappa shape index (κ2) is 8.37. The topological polar surface area (TPSA) is 79.5 Å². The summed E-state index contributed by atoms with van der Waals surface area (Å²) < 4.78 is 22.7. The Kier molecular flexibility index (Phi) is 5.29. The average molecular weight is 440 g/mol. The highest BCUT2D eigenvalue weighted by Crippen LogP contribution is 2.36. The quantitative estimate of drug-likeness (QED) is 0.388. The van der Waals surface area contributed by atoms with Gasteiger partial charge in [0.15, 0.2) is 11.5 Å². The van der Waals surface area contributed by atoms with E-state index in [9.17, 15) is 0 Å². The molecule has 2 aromatic heterocycles. The van der Waals surface area contributed by atoms with Gasteiger partial charge in [-0.3, -0.25) is 0 Å². The number of hydrogen-bond acceptors (Lipinski definition) is 9. The van der Waals surface area contributed by atoms with Crippen molar-refractivity contribution in [3.8, 4) is 27.8 Å². The van der Waals surface area contributed by atoms with Gasteiger partial charge in [-0.1, -0.05) is 36.0 Å². The Labute approximate surface area is 181 Å². The van der Waals surface area contributed by atoms with Crippen molar-refractivity contribution in [2.75, 3.05) is 13.7 Å². The summed E-state index contributed by atoms with van der Waals surface area (Å²) in [5.74, 6) is 3.25. The van der Waals surface area contributed by atoms with Crippen LogP contribution in [0.4, 0.5) is 0 Å². The SMILES string of the molecule is COc1cccc(-c2nc(CSc3nnc(C4COc5ccccc5O4)o3)cs2)c1. The lowest BCUT2D eigenvalue weighted by Crippen LogP contribution is -2.21. The minimum atomic E-state index is -0.416. The van der Waals surface area contributed by atoms with E-state index >= 15 is 0 Å². The first kappa shape index (κ1) is 19.0. The summed E-state index contributed by atoms with van der Waals surface area (Å²) in [6.07, 6.45) is -0.416. The van der Waals surface area contributed by atoms with Crippen LogP contribution in [0.3, 0.4) is 0 Å². The third kappa shape index (κ3) is 3.99. The second-order valence-electron chi connectivity index (χ2n) is 6.44. The van der Waals surface area contributed by atoms with E-state index in [1.807, 2.05) is 53.9 Å². The Morgan fingerprint density at radius 3 is 2.93 bits per heavy atom. The van der Waals surface area contributed by atoms with Crippen LogP contribution < -0.4 is 14.2 Å². The molecule has 30 heavy (non-hydrogen) atoms. The van der Waals surface area contributed by atoms with Gasteiger partial charge in [0, 0.05) is 16.7 Å². The van der Waals surface area contributed by atoms with Crippen LogP contribution in [-0.2, 0) is 5.75 Å². The molecule has 1 unspecified atom stereocenters. The highest BCUT2D eigenvalue weighted by molar-refractivity contribution is 7.98. The van der Waals surface area contributed by atoms with Gasteiger partial charge in [-0.25, -0.2) is 4.98 Å². The molecule has 7 nitrogen and oxygen atoms in total. The van der Waals surface area contributed by atoms with Crippen LogP contribution in [0.15, 0.2) is 63.6 Å². The van der Waals surface area contributed by atoms with Crippen LogP contribution in [0.5, 0.6) is 17.2 Å². The van der Waals surface area contributed by atoms with Crippen molar-refractivity contribution in [1.82, 2.24) is 15.2 Å². The molecule has 0 saturated heterocycles. The van der Waals surface area contributed by atoms with Crippen LogP contribution in [0.1, 0.15) is 17.7 Å². The molecule has 3 heterocycles. The number of thiazole rings is 1. The third-order valence-electron chi connectivity index (χ3n) is 4.42. The fourth-order valence-corrected chi connectivity index (χ4v) is 4.53. The maximum atomic E-state index is 5.91. The van der Waals surface area contributed by atoms with Crippen LogP contribution >= 0.6 is 23.1 Å². The Morgan fingerprint density at radius 2 is 2.03 bits per heavy atom. The number of fused-ring (bicyclic) bond motifs is 1. The molecule has 0 N–H and O–H groups in total. The van der Waals surface area contributed by atoms with Crippen molar-refractivity contribution in [2.45, 2.75) is 17.1 Å². The Bertz CT molecular complexity index is 1160. The van der Waals surface area contributed by atoms with Crippen LogP contribution in [0, 0.1) is 0 Å². The summed E-state index contributed by atoms with van der Waals surface area (Å²) in [7, 11) is 1.66. The molecule has 9 heteroatoms. The molecule has 0 saturated carbocycles. The molecule has 0 bridgehead atoms. The number of hydrogen-bond donors (Lipinski definition) is 0. The number of rotatable bonds is 6. The summed E-state index contributed by atoms with van der Waals surface area (Å²) in [6, 6.07) is 15.4. The molecule has 5 rings (SSSR count). The van der Waals surface area contributed by atoms with Gasteiger partial charge in [-0.15, -0.1) is 21.5 Å². The van der Waals surface area contributed by atoms with Gasteiger partial charge in [0.05, 0.1) is 12.8 Å². The van der Waals surface area contributed by atoms with Crippen LogP contribution in [0.25, 0.3) is 10.6 Å². The Balaban J connectivity index is 1.22. The van der Waals surface area contributed by atoms with E-state index in [-0.39, 0.29) is 0 Å². The molecule has 152 valence electrons. The first-order valence-electron chi connectivity index (χ1n) is 9.22. The lowest BCUT2D eigenvalue weighted by Gasteiger charge is -2.23. The van der Waals surface area contributed by atoms with E-state index in [1.54, 1.807) is 18.4 Å². The normalized spacial score (nSPS) is 15.2. The third-order valence-corrected chi connectivity index (χ3v) is 6.21. The van der Waals surface area contributed by atoms with E-state index in [0.717, 1.165) is 27.8 Å². The van der Waals surface area contributed by atoms with E-state index in [4.69, 9.17) is 23.6 Å². The maximum absolute atomic E-state index is 5.91. The largest absolute Gasteiger partial charge is 0.497 e. The van der Waals surface area contributed by atoms with Crippen molar-refractivity contribution >= 4 is 23.1 Å². The summed E-state index contributed by atoms with van der Waals surface area (Å²) in [5.41, 5.74) is 1.99. The standard InChI is InChI=1S/C21H17N3O4S2/c1-25-15-6-4-5-13(9-15)20-22-14(11-29-20)12-30-21-24-23-19(28-21)18-10-26-16-7-2-3-8-17(16)27-18/h2-9,11,18H,10,12H2,1H3. The molecule has 1 atom stereocenters. The molecule has 0 spiro atoms. The smallest absolute Gasteiger partial charge is 0.277 e. The molecule has 1 aliphatic heterocycles. The predicted molar refractivity (Wildman–Crippen MR) is 113 cm³/mol. The van der Waals surface area contributed by atoms with Gasteiger partial charge in [0.1, 0.15) is 17.4 Å². The van der Waals surface area contributed by atoms with E-state index in [1.165, 1.54) is 11.8 Å². The molecule has 2 aromatic carbocycles. The lowest BCUT2D eigenvalue weighted by atomic mass is 10.2. The fourth-order valence-electron chi connectivity index (χ4n) is 2.95. The maximum Gasteiger partial charge on any atom is 0.277 e. The number of ether oxygens (including phenoxy) is 3. The van der Waals surface area contributed by atoms with Crippen molar-refractivity contribution in [2.24, 2.45) is 0 Å². The zero-order chi connectivity index (χ0) is 20.3. The molecule has 0 radical (unpaired) electrons. The van der Waals surface area contributed by atoms with Gasteiger partial charge in [0.2, 0.25) is 6.10 Å². The first-order chi connectivity index (χ1) is 14.8. The highest BCUT2D eigenvalue weighted by Gasteiger charge is 2.27. The van der Waals surface area contributed by atoms with Crippen molar-refractivity contribution < 1.29 is 18.6 Å². The van der Waals surface area contributed by atoms with Crippen molar-refractivity contribution in [3.63, 3.8) is 0 Å². The zero-order valence-corrected chi connectivity index (χ0v) is 17.6. The van der Waals surface area contributed by atoms with Gasteiger partial charge < -0.3 is 18.6 Å². The number of thioether (sulfide) groups is 1. The fraction of sp³-hybridized carbons (Fsp3) is 0.190. The van der Waals surface area contributed by atoms with E-state index < -0.39 is 6.10 Å². The molecule has 1 aliphatic rings. The zero-order valence-electron chi connectivity index (χ0n) is 16.0. The average Bonchev–Trinajstić information content (AvgIpc) is 3.47. The van der Waals surface area contributed by atoms with Gasteiger partial charge in [-0.2, -0.15) is 0 Å². The summed E-state index contributed by atoms with van der Waals surface area (Å²) >= 11 is 3.04. The molecule has 4 aromatic rings. The van der Waals surface area contributed by atoms with Gasteiger partial charge >= 0.3 is 0 Å². The van der Waals surface area contributed by atoms with Crippen molar-refractivity contribution in [1.29, 1.82) is 0 Å². The summed E-state index contributed by atoms with van der Waals surface area (Å²) in [5, 5.41) is 11.7.